The van der Waals surface area contributed by atoms with E-state index in [1.54, 1.807) is 0 Å². The van der Waals surface area contributed by atoms with Crippen molar-refractivity contribution >= 4 is 21.7 Å². The van der Waals surface area contributed by atoms with Gasteiger partial charge in [-0.05, 0) is 47.4 Å². The lowest BCUT2D eigenvalue weighted by molar-refractivity contribution is 0.479. The zero-order valence-corrected chi connectivity index (χ0v) is 9.55. The van der Waals surface area contributed by atoms with E-state index in [-0.39, 0.29) is 0 Å². The van der Waals surface area contributed by atoms with Crippen LogP contribution in [0.3, 0.4) is 0 Å². The van der Waals surface area contributed by atoms with Gasteiger partial charge in [0.25, 0.3) is 0 Å². The predicted octanol–water partition coefficient (Wildman–Crippen LogP) is 2.01. The second-order valence-corrected chi connectivity index (χ2v) is 4.46. The minimum Gasteiger partial charge on any atom is -0.366 e. The van der Waals surface area contributed by atoms with Gasteiger partial charge in [-0.2, -0.15) is 0 Å². The monoisotopic (exact) mass is 255 g/mol. The Kier molecular flexibility index (Phi) is 3.37. The topological polar surface area (TPSA) is 37.0 Å². The largest absolute Gasteiger partial charge is 0.366 e. The van der Waals surface area contributed by atoms with Crippen LogP contribution in [0.5, 0.6) is 0 Å². The SMILES string of the molecule is Brc1ccc(N[C@@H]2CCCNC2)nc1. The highest BCUT2D eigenvalue weighted by atomic mass is 79.9. The van der Waals surface area contributed by atoms with Crippen molar-refractivity contribution in [3.8, 4) is 0 Å². The van der Waals surface area contributed by atoms with Crippen LogP contribution in [-0.4, -0.2) is 24.1 Å². The Morgan fingerprint density at radius 3 is 3.07 bits per heavy atom. The average molecular weight is 256 g/mol. The van der Waals surface area contributed by atoms with Gasteiger partial charge in [-0.1, -0.05) is 0 Å². The van der Waals surface area contributed by atoms with E-state index in [1.165, 1.54) is 12.8 Å². The Bertz CT molecular complexity index is 280. The van der Waals surface area contributed by atoms with Crippen LogP contribution in [0.4, 0.5) is 5.82 Å². The van der Waals surface area contributed by atoms with Crippen LogP contribution >= 0.6 is 15.9 Å². The second kappa shape index (κ2) is 4.75. The molecule has 1 saturated heterocycles. The Balaban J connectivity index is 1.92. The molecule has 0 bridgehead atoms. The molecule has 0 aliphatic carbocycles. The van der Waals surface area contributed by atoms with Crippen LogP contribution in [0.1, 0.15) is 12.8 Å². The molecule has 1 aromatic rings. The number of pyridine rings is 1. The Labute approximate surface area is 92.4 Å². The summed E-state index contributed by atoms with van der Waals surface area (Å²) in [4.78, 5) is 4.29. The molecule has 1 aliphatic heterocycles. The van der Waals surface area contributed by atoms with E-state index in [9.17, 15) is 0 Å². The van der Waals surface area contributed by atoms with E-state index in [4.69, 9.17) is 0 Å². The first-order valence-electron chi connectivity index (χ1n) is 4.93. The summed E-state index contributed by atoms with van der Waals surface area (Å²) >= 11 is 3.37. The maximum absolute atomic E-state index is 4.29. The van der Waals surface area contributed by atoms with Crippen molar-refractivity contribution in [1.29, 1.82) is 0 Å². The molecule has 2 N–H and O–H groups in total. The van der Waals surface area contributed by atoms with Crippen LogP contribution in [0, 0.1) is 0 Å². The van der Waals surface area contributed by atoms with E-state index in [1.807, 2.05) is 18.3 Å². The zero-order valence-electron chi connectivity index (χ0n) is 7.96. The van der Waals surface area contributed by atoms with E-state index in [2.05, 4.69) is 31.5 Å². The molecular weight excluding hydrogens is 242 g/mol. The lowest BCUT2D eigenvalue weighted by Crippen LogP contribution is -2.38. The van der Waals surface area contributed by atoms with Crippen molar-refractivity contribution in [1.82, 2.24) is 10.3 Å². The number of nitrogens with one attached hydrogen (secondary N) is 2. The molecule has 0 unspecified atom stereocenters. The molecule has 14 heavy (non-hydrogen) atoms. The molecule has 0 radical (unpaired) electrons. The zero-order chi connectivity index (χ0) is 9.80. The number of nitrogens with zero attached hydrogens (tertiary/aromatic N) is 1. The number of piperidine rings is 1. The van der Waals surface area contributed by atoms with Crippen LogP contribution < -0.4 is 10.6 Å². The molecule has 0 amide bonds. The summed E-state index contributed by atoms with van der Waals surface area (Å²) in [6, 6.07) is 4.53. The normalized spacial score (nSPS) is 21.9. The van der Waals surface area contributed by atoms with E-state index >= 15 is 0 Å². The highest BCUT2D eigenvalue weighted by molar-refractivity contribution is 9.10. The lowest BCUT2D eigenvalue weighted by Gasteiger charge is -2.24. The molecule has 2 heterocycles. The minimum absolute atomic E-state index is 0.525. The number of rotatable bonds is 2. The number of hydrogen-bond acceptors (Lipinski definition) is 3. The molecular formula is C10H14BrN3. The summed E-state index contributed by atoms with van der Waals surface area (Å²) in [6.07, 6.45) is 4.29. The molecule has 0 saturated carbocycles. The Hall–Kier alpha value is -0.610. The number of aromatic nitrogens is 1. The van der Waals surface area contributed by atoms with Crippen molar-refractivity contribution in [3.63, 3.8) is 0 Å². The van der Waals surface area contributed by atoms with E-state index in [0.717, 1.165) is 23.4 Å². The van der Waals surface area contributed by atoms with Gasteiger partial charge in [0.15, 0.2) is 0 Å². The molecule has 4 heteroatoms. The number of halogens is 1. The molecule has 2 rings (SSSR count). The third-order valence-electron chi connectivity index (χ3n) is 2.38. The van der Waals surface area contributed by atoms with Gasteiger partial charge in [0.2, 0.25) is 0 Å². The molecule has 1 aromatic heterocycles. The standard InChI is InChI=1S/C10H14BrN3/c11-8-3-4-10(13-6-8)14-9-2-1-5-12-7-9/h3-4,6,9,12H,1-2,5,7H2,(H,13,14)/t9-/m1/s1. The fraction of sp³-hybridized carbons (Fsp3) is 0.500. The fourth-order valence-corrected chi connectivity index (χ4v) is 1.88. The summed E-state index contributed by atoms with van der Waals surface area (Å²) in [5.41, 5.74) is 0. The highest BCUT2D eigenvalue weighted by Crippen LogP contribution is 2.13. The second-order valence-electron chi connectivity index (χ2n) is 3.55. The summed E-state index contributed by atoms with van der Waals surface area (Å²) in [5.74, 6) is 0.960. The first-order chi connectivity index (χ1) is 6.84. The van der Waals surface area contributed by atoms with Crippen LogP contribution in [-0.2, 0) is 0 Å². The van der Waals surface area contributed by atoms with Crippen molar-refractivity contribution < 1.29 is 0 Å². The molecule has 0 spiro atoms. The summed E-state index contributed by atoms with van der Waals surface area (Å²) < 4.78 is 1.02. The number of hydrogen-bond donors (Lipinski definition) is 2. The first kappa shape index (κ1) is 9.93. The fourth-order valence-electron chi connectivity index (χ4n) is 1.65. The third-order valence-corrected chi connectivity index (χ3v) is 2.85. The molecule has 1 fully saturated rings. The number of anilines is 1. The van der Waals surface area contributed by atoms with Gasteiger partial charge in [0, 0.05) is 23.3 Å². The quantitative estimate of drug-likeness (QED) is 0.849. The molecule has 1 atom stereocenters. The van der Waals surface area contributed by atoms with Crippen molar-refractivity contribution in [2.24, 2.45) is 0 Å². The van der Waals surface area contributed by atoms with Gasteiger partial charge < -0.3 is 10.6 Å². The highest BCUT2D eigenvalue weighted by Gasteiger charge is 2.12. The van der Waals surface area contributed by atoms with Gasteiger partial charge >= 0.3 is 0 Å². The van der Waals surface area contributed by atoms with Gasteiger partial charge in [0.1, 0.15) is 5.82 Å². The van der Waals surface area contributed by atoms with Gasteiger partial charge in [-0.25, -0.2) is 4.98 Å². The molecule has 0 aromatic carbocycles. The Morgan fingerprint density at radius 2 is 2.43 bits per heavy atom. The van der Waals surface area contributed by atoms with Crippen LogP contribution in [0.15, 0.2) is 22.8 Å². The minimum atomic E-state index is 0.525. The predicted molar refractivity (Wildman–Crippen MR) is 61.5 cm³/mol. The van der Waals surface area contributed by atoms with Crippen molar-refractivity contribution in [2.45, 2.75) is 18.9 Å². The summed E-state index contributed by atoms with van der Waals surface area (Å²) in [5, 5.41) is 6.78. The van der Waals surface area contributed by atoms with Gasteiger partial charge in [-0.3, -0.25) is 0 Å². The summed E-state index contributed by atoms with van der Waals surface area (Å²) in [7, 11) is 0. The van der Waals surface area contributed by atoms with E-state index in [0.29, 0.717) is 6.04 Å². The molecule has 1 aliphatic rings. The van der Waals surface area contributed by atoms with E-state index < -0.39 is 0 Å². The van der Waals surface area contributed by atoms with Gasteiger partial charge in [0.05, 0.1) is 0 Å². The Morgan fingerprint density at radius 1 is 1.50 bits per heavy atom. The average Bonchev–Trinajstić information content (AvgIpc) is 2.23. The van der Waals surface area contributed by atoms with Crippen molar-refractivity contribution in [3.05, 3.63) is 22.8 Å². The van der Waals surface area contributed by atoms with Gasteiger partial charge in [-0.15, -0.1) is 0 Å². The summed E-state index contributed by atoms with van der Waals surface area (Å²) in [6.45, 7) is 2.18. The van der Waals surface area contributed by atoms with Crippen LogP contribution in [0.25, 0.3) is 0 Å². The van der Waals surface area contributed by atoms with Crippen molar-refractivity contribution in [2.75, 3.05) is 18.4 Å². The smallest absolute Gasteiger partial charge is 0.126 e. The van der Waals surface area contributed by atoms with Crippen LogP contribution in [0.2, 0.25) is 0 Å². The first-order valence-corrected chi connectivity index (χ1v) is 5.73. The molecule has 76 valence electrons. The molecule has 3 nitrogen and oxygen atoms in total. The maximum Gasteiger partial charge on any atom is 0.126 e. The third kappa shape index (κ3) is 2.69. The maximum atomic E-state index is 4.29. The lowest BCUT2D eigenvalue weighted by atomic mass is 10.1.